The van der Waals surface area contributed by atoms with E-state index < -0.39 is 11.7 Å². The third-order valence-corrected chi connectivity index (χ3v) is 7.02. The van der Waals surface area contributed by atoms with Crippen LogP contribution in [-0.2, 0) is 25.7 Å². The van der Waals surface area contributed by atoms with Crippen molar-refractivity contribution in [3.63, 3.8) is 0 Å². The van der Waals surface area contributed by atoms with Gasteiger partial charge in [-0.2, -0.15) is 13.2 Å². The molecule has 3 aromatic carbocycles. The molecule has 1 atom stereocenters. The first-order valence-corrected chi connectivity index (χ1v) is 12.9. The Labute approximate surface area is 233 Å². The zero-order valence-electron chi connectivity index (χ0n) is 22.0. The maximum absolute atomic E-state index is 13.4. The Balaban J connectivity index is 1.71. The Hall–Kier alpha value is -3.84. The highest BCUT2D eigenvalue weighted by Gasteiger charge is 2.36. The van der Waals surface area contributed by atoms with E-state index in [4.69, 9.17) is 11.6 Å². The van der Waals surface area contributed by atoms with Crippen LogP contribution in [0.15, 0.2) is 115 Å². The standard InChI is InChI=1S/C31H32ClF3N4/c1-5-37(3)30-29(22(2)38(4)20-23-10-7-6-8-11-23)39(21-24-14-16-27(32)17-15-24)28(36-30)19-25-12-9-13-26(18-25)31(33,34)35/h5-18,28,36H,1-2,19-21H2,3-4H3. The van der Waals surface area contributed by atoms with Crippen molar-refractivity contribution in [1.82, 2.24) is 20.0 Å². The highest BCUT2D eigenvalue weighted by atomic mass is 35.5. The Kier molecular flexibility index (Phi) is 8.60. The lowest BCUT2D eigenvalue weighted by Gasteiger charge is -2.33. The molecule has 0 bridgehead atoms. The maximum Gasteiger partial charge on any atom is 0.416 e. The summed E-state index contributed by atoms with van der Waals surface area (Å²) in [7, 11) is 3.86. The van der Waals surface area contributed by atoms with E-state index in [0.717, 1.165) is 34.4 Å². The molecule has 1 aliphatic rings. The first-order chi connectivity index (χ1) is 18.6. The minimum Gasteiger partial charge on any atom is -0.369 e. The number of nitrogens with zero attached hydrogens (tertiary/aromatic N) is 3. The van der Waals surface area contributed by atoms with Crippen LogP contribution in [0.1, 0.15) is 22.3 Å². The molecule has 0 spiro atoms. The zero-order valence-corrected chi connectivity index (χ0v) is 22.8. The van der Waals surface area contributed by atoms with Gasteiger partial charge in [-0.15, -0.1) is 0 Å². The smallest absolute Gasteiger partial charge is 0.369 e. The summed E-state index contributed by atoms with van der Waals surface area (Å²) in [6.07, 6.45) is -2.71. The molecule has 4 rings (SSSR count). The molecule has 3 aromatic rings. The first-order valence-electron chi connectivity index (χ1n) is 12.5. The van der Waals surface area contributed by atoms with Gasteiger partial charge in [0.25, 0.3) is 0 Å². The SMILES string of the molecule is C=CN(C)C1=C(C(=C)N(C)Cc2ccccc2)N(Cc2ccc(Cl)cc2)C(Cc2cccc(C(F)(F)F)c2)N1. The van der Waals surface area contributed by atoms with Gasteiger partial charge in [0.05, 0.1) is 11.3 Å². The number of rotatable bonds is 10. The minimum absolute atomic E-state index is 0.335. The van der Waals surface area contributed by atoms with Gasteiger partial charge in [0, 0.05) is 38.6 Å². The van der Waals surface area contributed by atoms with Crippen molar-refractivity contribution < 1.29 is 13.2 Å². The lowest BCUT2D eigenvalue weighted by atomic mass is 10.1. The van der Waals surface area contributed by atoms with E-state index in [1.807, 2.05) is 61.5 Å². The van der Waals surface area contributed by atoms with Crippen LogP contribution in [0.4, 0.5) is 13.2 Å². The van der Waals surface area contributed by atoms with Crippen molar-refractivity contribution in [2.24, 2.45) is 0 Å². The van der Waals surface area contributed by atoms with Gasteiger partial charge in [0.15, 0.2) is 0 Å². The predicted molar refractivity (Wildman–Crippen MR) is 151 cm³/mol. The number of halogens is 4. The number of hydrogen-bond acceptors (Lipinski definition) is 4. The van der Waals surface area contributed by atoms with E-state index in [0.29, 0.717) is 30.1 Å². The lowest BCUT2D eigenvalue weighted by Crippen LogP contribution is -2.40. The second kappa shape index (κ2) is 11.9. The molecule has 4 nitrogen and oxygen atoms in total. The summed E-state index contributed by atoms with van der Waals surface area (Å²) in [6.45, 7) is 9.51. The minimum atomic E-state index is -4.41. The molecule has 0 fully saturated rings. The zero-order chi connectivity index (χ0) is 28.2. The molecule has 0 saturated heterocycles. The monoisotopic (exact) mass is 552 g/mol. The fraction of sp³-hybridized carbons (Fsp3) is 0.226. The van der Waals surface area contributed by atoms with Gasteiger partial charge in [0.1, 0.15) is 17.7 Å². The molecule has 204 valence electrons. The van der Waals surface area contributed by atoms with Crippen LogP contribution in [0.5, 0.6) is 0 Å². The molecule has 8 heteroatoms. The lowest BCUT2D eigenvalue weighted by molar-refractivity contribution is -0.137. The molecule has 1 aliphatic heterocycles. The van der Waals surface area contributed by atoms with E-state index in [1.165, 1.54) is 12.1 Å². The van der Waals surface area contributed by atoms with Gasteiger partial charge in [-0.1, -0.05) is 85.4 Å². The van der Waals surface area contributed by atoms with Crippen LogP contribution in [0, 0.1) is 0 Å². The summed E-state index contributed by atoms with van der Waals surface area (Å²) in [6, 6.07) is 23.1. The number of benzene rings is 3. The third-order valence-electron chi connectivity index (χ3n) is 6.76. The van der Waals surface area contributed by atoms with Gasteiger partial charge in [0.2, 0.25) is 0 Å². The molecular formula is C31H32ClF3N4. The second-order valence-corrected chi connectivity index (χ2v) is 10.0. The van der Waals surface area contributed by atoms with Gasteiger partial charge in [-0.3, -0.25) is 0 Å². The molecular weight excluding hydrogens is 521 g/mol. The topological polar surface area (TPSA) is 21.8 Å². The second-order valence-electron chi connectivity index (χ2n) is 9.60. The van der Waals surface area contributed by atoms with Crippen LogP contribution >= 0.6 is 11.6 Å². The van der Waals surface area contributed by atoms with Crippen LogP contribution in [0.3, 0.4) is 0 Å². The van der Waals surface area contributed by atoms with Crippen LogP contribution in [-0.4, -0.2) is 35.0 Å². The average Bonchev–Trinajstić information content (AvgIpc) is 3.26. The van der Waals surface area contributed by atoms with Gasteiger partial charge in [-0.05, 0) is 41.1 Å². The van der Waals surface area contributed by atoms with Gasteiger partial charge >= 0.3 is 6.18 Å². The summed E-state index contributed by atoms with van der Waals surface area (Å²) < 4.78 is 40.3. The number of nitrogens with one attached hydrogen (secondary N) is 1. The largest absolute Gasteiger partial charge is 0.416 e. The molecule has 0 aliphatic carbocycles. The maximum atomic E-state index is 13.4. The predicted octanol–water partition coefficient (Wildman–Crippen LogP) is 7.22. The van der Waals surface area contributed by atoms with Crippen LogP contribution in [0.25, 0.3) is 0 Å². The quantitative estimate of drug-likeness (QED) is 0.286. The normalized spacial score (nSPS) is 15.2. The van der Waals surface area contributed by atoms with E-state index in [-0.39, 0.29) is 6.17 Å². The van der Waals surface area contributed by atoms with E-state index in [9.17, 15) is 13.2 Å². The van der Waals surface area contributed by atoms with Crippen LogP contribution in [0.2, 0.25) is 5.02 Å². The molecule has 0 radical (unpaired) electrons. The molecule has 0 aromatic heterocycles. The Morgan fingerprint density at radius 3 is 2.28 bits per heavy atom. The summed E-state index contributed by atoms with van der Waals surface area (Å²) in [5, 5.41) is 4.18. The van der Waals surface area contributed by atoms with Crippen LogP contribution < -0.4 is 5.32 Å². The van der Waals surface area contributed by atoms with Gasteiger partial charge in [-0.25, -0.2) is 0 Å². The van der Waals surface area contributed by atoms with Crippen molar-refractivity contribution >= 4 is 11.6 Å². The van der Waals surface area contributed by atoms with Crippen molar-refractivity contribution in [1.29, 1.82) is 0 Å². The Bertz CT molecular complexity index is 1340. The number of alkyl halides is 3. The fourth-order valence-corrected chi connectivity index (χ4v) is 4.75. The Morgan fingerprint density at radius 1 is 0.974 bits per heavy atom. The van der Waals surface area contributed by atoms with Crippen molar-refractivity contribution in [3.8, 4) is 0 Å². The highest BCUT2D eigenvalue weighted by molar-refractivity contribution is 6.30. The summed E-state index contributed by atoms with van der Waals surface area (Å²) in [4.78, 5) is 6.10. The molecule has 0 amide bonds. The highest BCUT2D eigenvalue weighted by Crippen LogP contribution is 2.34. The average molecular weight is 553 g/mol. The summed E-state index contributed by atoms with van der Waals surface area (Å²) in [5.41, 5.74) is 3.68. The fourth-order valence-electron chi connectivity index (χ4n) is 4.63. The third kappa shape index (κ3) is 6.79. The van der Waals surface area contributed by atoms with E-state index in [1.54, 1.807) is 12.3 Å². The number of likely N-dealkylation sites (N-methyl/N-ethyl adjacent to an activating group) is 1. The molecule has 39 heavy (non-hydrogen) atoms. The van der Waals surface area contributed by atoms with Crippen molar-refractivity contribution in [2.45, 2.75) is 31.9 Å². The van der Waals surface area contributed by atoms with Crippen molar-refractivity contribution in [2.75, 3.05) is 14.1 Å². The number of hydrogen-bond donors (Lipinski definition) is 1. The van der Waals surface area contributed by atoms with Gasteiger partial charge < -0.3 is 20.0 Å². The summed E-state index contributed by atoms with van der Waals surface area (Å²) >= 11 is 6.13. The molecule has 0 saturated carbocycles. The molecule has 1 heterocycles. The molecule has 1 unspecified atom stereocenters. The Morgan fingerprint density at radius 2 is 1.64 bits per heavy atom. The first kappa shape index (κ1) is 28.2. The molecule has 1 N–H and O–H groups in total. The summed E-state index contributed by atoms with van der Waals surface area (Å²) in [5.74, 6) is 0.779. The van der Waals surface area contributed by atoms with Crippen molar-refractivity contribution in [3.05, 3.63) is 143 Å². The van der Waals surface area contributed by atoms with E-state index in [2.05, 4.69) is 40.4 Å². The van der Waals surface area contributed by atoms with E-state index >= 15 is 0 Å².